The average molecular weight is 442 g/mol. The predicted molar refractivity (Wildman–Crippen MR) is 129 cm³/mol. The molecule has 33 heavy (non-hydrogen) atoms. The van der Waals surface area contributed by atoms with Gasteiger partial charge in [-0.05, 0) is 61.7 Å². The van der Waals surface area contributed by atoms with E-state index in [1.54, 1.807) is 0 Å². The number of hydrogen-bond donors (Lipinski definition) is 1. The molecule has 1 aromatic heterocycles. The van der Waals surface area contributed by atoms with E-state index >= 15 is 0 Å². The molecule has 0 amide bonds. The monoisotopic (exact) mass is 441 g/mol. The summed E-state index contributed by atoms with van der Waals surface area (Å²) in [4.78, 5) is 16.1. The van der Waals surface area contributed by atoms with Crippen LogP contribution in [0.5, 0.6) is 5.75 Å². The van der Waals surface area contributed by atoms with Crippen LogP contribution < -0.4 is 10.1 Å². The molecule has 1 aliphatic rings. The van der Waals surface area contributed by atoms with E-state index in [1.807, 2.05) is 18.2 Å². The second-order valence-corrected chi connectivity index (χ2v) is 8.51. The van der Waals surface area contributed by atoms with Gasteiger partial charge in [-0.2, -0.15) is 0 Å². The number of hydrogen-bond acceptors (Lipinski definition) is 5. The Morgan fingerprint density at radius 1 is 1.15 bits per heavy atom. The molecule has 0 unspecified atom stereocenters. The highest BCUT2D eigenvalue weighted by atomic mass is 16.6. The third kappa shape index (κ3) is 3.82. The quantitative estimate of drug-likeness (QED) is 0.411. The Hall–Kier alpha value is -3.80. The topological polar surface area (TPSA) is 65.4 Å². The van der Waals surface area contributed by atoms with Gasteiger partial charge in [-0.15, -0.1) is 0 Å². The number of ether oxygens (including phenoxy) is 2. The SMILES string of the molecule is CC(=O)O[C@@H]1COc2cc(NCc3cccc(-n4c(C)nc5c(C)cccc54)c3C)ccc21. The second-order valence-electron chi connectivity index (χ2n) is 8.51. The molecule has 5 rings (SSSR count). The van der Waals surface area contributed by atoms with Gasteiger partial charge in [0, 0.05) is 30.8 Å². The molecular formula is C27H27N3O3. The minimum absolute atomic E-state index is 0.301. The van der Waals surface area contributed by atoms with Gasteiger partial charge in [0.15, 0.2) is 6.10 Å². The molecule has 0 saturated heterocycles. The molecule has 1 N–H and O–H groups in total. The second kappa shape index (κ2) is 8.28. The van der Waals surface area contributed by atoms with Crippen LogP contribution in [-0.2, 0) is 16.1 Å². The Balaban J connectivity index is 1.40. The van der Waals surface area contributed by atoms with E-state index in [-0.39, 0.29) is 12.1 Å². The van der Waals surface area contributed by atoms with Crippen molar-refractivity contribution in [3.8, 4) is 11.4 Å². The smallest absolute Gasteiger partial charge is 0.303 e. The van der Waals surface area contributed by atoms with E-state index < -0.39 is 0 Å². The van der Waals surface area contributed by atoms with Gasteiger partial charge in [0.1, 0.15) is 18.2 Å². The average Bonchev–Trinajstić information content (AvgIpc) is 3.33. The number of carbonyl (C=O) groups excluding carboxylic acids is 1. The number of aryl methyl sites for hydroxylation is 2. The van der Waals surface area contributed by atoms with Gasteiger partial charge in [0.05, 0.1) is 16.7 Å². The molecule has 0 radical (unpaired) electrons. The van der Waals surface area contributed by atoms with Gasteiger partial charge in [-0.1, -0.05) is 24.3 Å². The van der Waals surface area contributed by atoms with Crippen LogP contribution in [0.1, 0.15) is 41.1 Å². The highest BCUT2D eigenvalue weighted by Crippen LogP contribution is 2.37. The summed E-state index contributed by atoms with van der Waals surface area (Å²) < 4.78 is 13.3. The van der Waals surface area contributed by atoms with E-state index in [0.717, 1.165) is 39.5 Å². The first-order valence-electron chi connectivity index (χ1n) is 11.1. The number of fused-ring (bicyclic) bond motifs is 2. The van der Waals surface area contributed by atoms with Crippen LogP contribution in [0.25, 0.3) is 16.7 Å². The summed E-state index contributed by atoms with van der Waals surface area (Å²) in [6.45, 7) is 8.76. The molecule has 0 fully saturated rings. The van der Waals surface area contributed by atoms with Gasteiger partial charge in [-0.3, -0.25) is 9.36 Å². The van der Waals surface area contributed by atoms with Crippen molar-refractivity contribution in [2.45, 2.75) is 40.3 Å². The number of aromatic nitrogens is 2. The molecule has 0 spiro atoms. The lowest BCUT2D eigenvalue weighted by atomic mass is 10.1. The Bertz CT molecular complexity index is 1370. The van der Waals surface area contributed by atoms with Crippen LogP contribution in [0.2, 0.25) is 0 Å². The van der Waals surface area contributed by atoms with Crippen LogP contribution in [0.15, 0.2) is 54.6 Å². The standard InChI is InChI=1S/C27H27N3O3/c1-16-7-5-10-24-27(16)29-18(3)30(24)23-9-6-8-20(17(23)2)14-28-21-11-12-22-25(13-21)32-15-26(22)33-19(4)31/h5-13,26,28H,14-15H2,1-4H3/t26-/m1/s1. The number of carbonyl (C=O) groups is 1. The van der Waals surface area contributed by atoms with E-state index in [0.29, 0.717) is 13.2 Å². The van der Waals surface area contributed by atoms with Gasteiger partial charge in [-0.25, -0.2) is 4.98 Å². The van der Waals surface area contributed by atoms with Gasteiger partial charge >= 0.3 is 5.97 Å². The number of anilines is 1. The maximum atomic E-state index is 11.3. The summed E-state index contributed by atoms with van der Waals surface area (Å²) in [6, 6.07) is 18.6. The lowest BCUT2D eigenvalue weighted by Gasteiger charge is -2.16. The number of nitrogens with one attached hydrogen (secondary N) is 1. The zero-order valence-corrected chi connectivity index (χ0v) is 19.3. The molecule has 168 valence electrons. The first kappa shape index (κ1) is 21.1. The van der Waals surface area contributed by atoms with Crippen molar-refractivity contribution in [1.82, 2.24) is 9.55 Å². The first-order valence-corrected chi connectivity index (χ1v) is 11.1. The fraction of sp³-hybridized carbons (Fsp3) is 0.259. The van der Waals surface area contributed by atoms with Gasteiger partial charge < -0.3 is 14.8 Å². The molecule has 6 heteroatoms. The summed E-state index contributed by atoms with van der Waals surface area (Å²) in [6.07, 6.45) is -0.331. The Morgan fingerprint density at radius 2 is 1.97 bits per heavy atom. The Labute approximate surface area is 193 Å². The minimum atomic E-state index is -0.331. The first-order chi connectivity index (χ1) is 15.9. The van der Waals surface area contributed by atoms with Crippen LogP contribution in [0.3, 0.4) is 0 Å². The maximum absolute atomic E-state index is 11.3. The lowest BCUT2D eigenvalue weighted by molar-refractivity contribution is -0.147. The van der Waals surface area contributed by atoms with Gasteiger partial charge in [0.25, 0.3) is 0 Å². The molecular weight excluding hydrogens is 414 g/mol. The van der Waals surface area contributed by atoms with Crippen LogP contribution in [0.4, 0.5) is 5.69 Å². The normalized spacial score (nSPS) is 14.7. The highest BCUT2D eigenvalue weighted by Gasteiger charge is 2.26. The number of rotatable bonds is 5. The van der Waals surface area contributed by atoms with Crippen molar-refractivity contribution in [2.75, 3.05) is 11.9 Å². The number of nitrogens with zero attached hydrogens (tertiary/aromatic N) is 2. The van der Waals surface area contributed by atoms with Crippen LogP contribution >= 0.6 is 0 Å². The fourth-order valence-electron chi connectivity index (χ4n) is 4.55. The zero-order valence-electron chi connectivity index (χ0n) is 19.3. The van der Waals surface area contributed by atoms with Crippen molar-refractivity contribution in [3.05, 3.63) is 82.7 Å². The molecule has 1 atom stereocenters. The predicted octanol–water partition coefficient (Wildman–Crippen LogP) is 5.56. The molecule has 1 aliphatic heterocycles. The van der Waals surface area contributed by atoms with Crippen LogP contribution in [0, 0.1) is 20.8 Å². The summed E-state index contributed by atoms with van der Waals surface area (Å²) in [5.41, 5.74) is 8.78. The number of esters is 1. The van der Waals surface area contributed by atoms with Crippen molar-refractivity contribution in [2.24, 2.45) is 0 Å². The summed E-state index contributed by atoms with van der Waals surface area (Å²) in [7, 11) is 0. The Morgan fingerprint density at radius 3 is 2.79 bits per heavy atom. The van der Waals surface area contributed by atoms with Crippen LogP contribution in [-0.4, -0.2) is 22.1 Å². The highest BCUT2D eigenvalue weighted by molar-refractivity contribution is 5.81. The minimum Gasteiger partial charge on any atom is -0.489 e. The van der Waals surface area contributed by atoms with Crippen molar-refractivity contribution in [3.63, 3.8) is 0 Å². The lowest BCUT2D eigenvalue weighted by Crippen LogP contribution is -2.09. The molecule has 3 aromatic carbocycles. The summed E-state index contributed by atoms with van der Waals surface area (Å²) >= 11 is 0. The van der Waals surface area contributed by atoms with Crippen molar-refractivity contribution >= 4 is 22.7 Å². The number of benzene rings is 3. The van der Waals surface area contributed by atoms with E-state index in [1.165, 1.54) is 23.6 Å². The third-order valence-electron chi connectivity index (χ3n) is 6.25. The molecule has 4 aromatic rings. The molecule has 0 aliphatic carbocycles. The van der Waals surface area contributed by atoms with Crippen molar-refractivity contribution in [1.29, 1.82) is 0 Å². The summed E-state index contributed by atoms with van der Waals surface area (Å²) in [5, 5.41) is 3.51. The third-order valence-corrected chi connectivity index (χ3v) is 6.25. The Kier molecular flexibility index (Phi) is 5.29. The van der Waals surface area contributed by atoms with E-state index in [9.17, 15) is 4.79 Å². The van der Waals surface area contributed by atoms with Crippen molar-refractivity contribution < 1.29 is 14.3 Å². The molecule has 0 saturated carbocycles. The maximum Gasteiger partial charge on any atom is 0.303 e. The molecule has 6 nitrogen and oxygen atoms in total. The molecule has 0 bridgehead atoms. The number of imidazole rings is 1. The molecule has 2 heterocycles. The summed E-state index contributed by atoms with van der Waals surface area (Å²) in [5.74, 6) is 1.43. The largest absolute Gasteiger partial charge is 0.489 e. The fourth-order valence-corrected chi connectivity index (χ4v) is 4.55. The number of para-hydroxylation sites is 1. The van der Waals surface area contributed by atoms with E-state index in [2.05, 4.69) is 67.1 Å². The zero-order chi connectivity index (χ0) is 23.1. The van der Waals surface area contributed by atoms with Gasteiger partial charge in [0.2, 0.25) is 0 Å². The van der Waals surface area contributed by atoms with E-state index in [4.69, 9.17) is 14.5 Å².